The highest BCUT2D eigenvalue weighted by Gasteiger charge is 2.16. The van der Waals surface area contributed by atoms with E-state index in [1.807, 2.05) is 0 Å². The lowest BCUT2D eigenvalue weighted by molar-refractivity contribution is 0.248. The van der Waals surface area contributed by atoms with Gasteiger partial charge in [0.25, 0.3) is 0 Å². The molecule has 0 aromatic heterocycles. The maximum Gasteiger partial charge on any atom is 0.328 e. The van der Waals surface area contributed by atoms with Crippen LogP contribution in [-0.4, -0.2) is 16.2 Å². The van der Waals surface area contributed by atoms with Gasteiger partial charge in [-0.3, -0.25) is 4.57 Å². The molecule has 0 fully saturated rings. The molecule has 0 saturated heterocycles. The minimum Gasteiger partial charge on any atom is -0.508 e. The van der Waals surface area contributed by atoms with Gasteiger partial charge in [0.2, 0.25) is 0 Å². The number of benzene rings is 1. The number of hydrogen-bond acceptors (Lipinski definition) is 3. The number of rotatable bonds is 4. The third-order valence-corrected chi connectivity index (χ3v) is 3.14. The molecule has 0 aliphatic carbocycles. The van der Waals surface area contributed by atoms with E-state index in [1.54, 1.807) is 25.1 Å². The summed E-state index contributed by atoms with van der Waals surface area (Å²) >= 11 is 0. The lowest BCUT2D eigenvalue weighted by atomic mass is 10.2. The molecule has 0 spiro atoms. The van der Waals surface area contributed by atoms with Gasteiger partial charge in [-0.25, -0.2) is 0 Å². The summed E-state index contributed by atoms with van der Waals surface area (Å²) in [5.74, 6) is 0.0728. The zero-order valence-electron chi connectivity index (χ0n) is 7.88. The molecule has 78 valence electrons. The fourth-order valence-corrected chi connectivity index (χ4v) is 1.42. The molecule has 0 aliphatic rings. The van der Waals surface area contributed by atoms with Crippen molar-refractivity contribution in [2.45, 2.75) is 13.5 Å². The van der Waals surface area contributed by atoms with Gasteiger partial charge in [-0.2, -0.15) is 0 Å². The zero-order valence-corrected chi connectivity index (χ0v) is 8.78. The minimum absolute atomic E-state index is 0.0473. The summed E-state index contributed by atoms with van der Waals surface area (Å²) < 4.78 is 15.9. The van der Waals surface area contributed by atoms with E-state index in [0.717, 1.165) is 0 Å². The van der Waals surface area contributed by atoms with Gasteiger partial charge < -0.3 is 14.5 Å². The molecular formula is C9H13O4P. The smallest absolute Gasteiger partial charge is 0.328 e. The second-order valence-electron chi connectivity index (χ2n) is 2.86. The van der Waals surface area contributed by atoms with Crippen LogP contribution < -0.4 is 0 Å². The van der Waals surface area contributed by atoms with Gasteiger partial charge in [-0.05, 0) is 6.07 Å². The molecule has 14 heavy (non-hydrogen) atoms. The van der Waals surface area contributed by atoms with Crippen molar-refractivity contribution in [2.24, 2.45) is 0 Å². The van der Waals surface area contributed by atoms with Crippen LogP contribution in [0, 0.1) is 0 Å². The Hall–Kier alpha value is -0.830. The van der Waals surface area contributed by atoms with Gasteiger partial charge in [-0.1, -0.05) is 25.1 Å². The first-order valence-corrected chi connectivity index (χ1v) is 6.04. The maximum atomic E-state index is 11.1. The van der Waals surface area contributed by atoms with Crippen molar-refractivity contribution in [3.05, 3.63) is 29.8 Å². The van der Waals surface area contributed by atoms with Gasteiger partial charge in [0.1, 0.15) is 5.75 Å². The highest BCUT2D eigenvalue weighted by molar-refractivity contribution is 7.52. The quantitative estimate of drug-likeness (QED) is 0.756. The summed E-state index contributed by atoms with van der Waals surface area (Å²) in [7, 11) is -3.47. The van der Waals surface area contributed by atoms with Crippen molar-refractivity contribution in [1.29, 1.82) is 0 Å². The average Bonchev–Trinajstić information content (AvgIpc) is 2.17. The van der Waals surface area contributed by atoms with Gasteiger partial charge in [0.15, 0.2) is 0 Å². The van der Waals surface area contributed by atoms with Crippen molar-refractivity contribution in [3.8, 4) is 5.75 Å². The SMILES string of the molecule is CCP(=O)(O)OCc1ccccc1O. The molecule has 0 heterocycles. The summed E-state index contributed by atoms with van der Waals surface area (Å²) in [6.45, 7) is 1.53. The van der Waals surface area contributed by atoms with E-state index in [0.29, 0.717) is 5.56 Å². The largest absolute Gasteiger partial charge is 0.508 e. The lowest BCUT2D eigenvalue weighted by Crippen LogP contribution is -1.93. The van der Waals surface area contributed by atoms with Gasteiger partial charge >= 0.3 is 7.60 Å². The molecule has 1 aromatic carbocycles. The Labute approximate surface area is 82.7 Å². The predicted molar refractivity (Wildman–Crippen MR) is 53.3 cm³/mol. The molecule has 1 rings (SSSR count). The number of phenolic OH excluding ortho intramolecular Hbond substituents is 1. The van der Waals surface area contributed by atoms with Crippen molar-refractivity contribution < 1.29 is 19.1 Å². The van der Waals surface area contributed by atoms with E-state index < -0.39 is 7.60 Å². The fourth-order valence-electron chi connectivity index (χ4n) is 0.895. The predicted octanol–water partition coefficient (Wildman–Crippen LogP) is 2.11. The van der Waals surface area contributed by atoms with Crippen LogP contribution in [0.5, 0.6) is 5.75 Å². The van der Waals surface area contributed by atoms with E-state index in [-0.39, 0.29) is 18.5 Å². The molecule has 0 saturated carbocycles. The molecular weight excluding hydrogens is 203 g/mol. The topological polar surface area (TPSA) is 66.8 Å². The van der Waals surface area contributed by atoms with Crippen LogP contribution in [0.4, 0.5) is 0 Å². The van der Waals surface area contributed by atoms with Crippen LogP contribution in [0.25, 0.3) is 0 Å². The fraction of sp³-hybridized carbons (Fsp3) is 0.333. The Morgan fingerprint density at radius 1 is 1.43 bits per heavy atom. The first-order chi connectivity index (χ1) is 6.55. The summed E-state index contributed by atoms with van der Waals surface area (Å²) in [5, 5.41) is 9.33. The van der Waals surface area contributed by atoms with Crippen LogP contribution in [0.3, 0.4) is 0 Å². The number of hydrogen-bond donors (Lipinski definition) is 2. The molecule has 0 aliphatic heterocycles. The second kappa shape index (κ2) is 4.60. The Bertz CT molecular complexity index is 350. The van der Waals surface area contributed by atoms with E-state index in [2.05, 4.69) is 0 Å². The van der Waals surface area contributed by atoms with Crippen LogP contribution in [0.15, 0.2) is 24.3 Å². The Balaban J connectivity index is 2.63. The average molecular weight is 216 g/mol. The Morgan fingerprint density at radius 2 is 2.07 bits per heavy atom. The molecule has 0 radical (unpaired) electrons. The lowest BCUT2D eigenvalue weighted by Gasteiger charge is -2.10. The van der Waals surface area contributed by atoms with Crippen LogP contribution in [-0.2, 0) is 15.7 Å². The summed E-state index contributed by atoms with van der Waals surface area (Å²) in [6, 6.07) is 6.56. The normalized spacial score (nSPS) is 15.0. The maximum absolute atomic E-state index is 11.1. The van der Waals surface area contributed by atoms with Crippen LogP contribution >= 0.6 is 7.60 Å². The van der Waals surface area contributed by atoms with Crippen molar-refractivity contribution in [2.75, 3.05) is 6.16 Å². The van der Waals surface area contributed by atoms with Crippen LogP contribution in [0.2, 0.25) is 0 Å². The van der Waals surface area contributed by atoms with Crippen molar-refractivity contribution in [3.63, 3.8) is 0 Å². The highest BCUT2D eigenvalue weighted by Crippen LogP contribution is 2.42. The van der Waals surface area contributed by atoms with E-state index in [1.165, 1.54) is 6.07 Å². The molecule has 5 heteroatoms. The summed E-state index contributed by atoms with van der Waals surface area (Å²) in [4.78, 5) is 9.13. The molecule has 4 nitrogen and oxygen atoms in total. The van der Waals surface area contributed by atoms with E-state index >= 15 is 0 Å². The zero-order chi connectivity index (χ0) is 10.6. The second-order valence-corrected chi connectivity index (χ2v) is 5.02. The first-order valence-electron chi connectivity index (χ1n) is 4.28. The molecule has 1 unspecified atom stereocenters. The minimum atomic E-state index is -3.47. The van der Waals surface area contributed by atoms with Gasteiger partial charge in [0, 0.05) is 11.7 Å². The molecule has 2 N–H and O–H groups in total. The third kappa shape index (κ3) is 3.14. The van der Waals surface area contributed by atoms with Gasteiger partial charge in [0.05, 0.1) is 6.61 Å². The number of aromatic hydroxyl groups is 1. The van der Waals surface area contributed by atoms with Crippen LogP contribution in [0.1, 0.15) is 12.5 Å². The van der Waals surface area contributed by atoms with Crippen molar-refractivity contribution >= 4 is 7.60 Å². The number of para-hydroxylation sites is 1. The molecule has 0 bridgehead atoms. The molecule has 1 aromatic rings. The molecule has 0 amide bonds. The Morgan fingerprint density at radius 3 is 2.64 bits per heavy atom. The summed E-state index contributed by atoms with van der Waals surface area (Å²) in [5.41, 5.74) is 0.509. The Kier molecular flexibility index (Phi) is 3.69. The number of phenols is 1. The standard InChI is InChI=1S/C9H13O4P/c1-2-14(11,12)13-7-8-5-3-4-6-9(8)10/h3-6,10H,2,7H2,1H3,(H,11,12). The first kappa shape index (κ1) is 11.2. The third-order valence-electron chi connectivity index (χ3n) is 1.81. The highest BCUT2D eigenvalue weighted by atomic mass is 31.2. The summed E-state index contributed by atoms with van der Waals surface area (Å²) in [6.07, 6.45) is 0.0700. The molecule has 1 atom stereocenters. The van der Waals surface area contributed by atoms with Crippen molar-refractivity contribution in [1.82, 2.24) is 0 Å². The van der Waals surface area contributed by atoms with E-state index in [4.69, 9.17) is 9.42 Å². The monoisotopic (exact) mass is 216 g/mol. The van der Waals surface area contributed by atoms with E-state index in [9.17, 15) is 9.67 Å². The van der Waals surface area contributed by atoms with Gasteiger partial charge in [-0.15, -0.1) is 0 Å².